The quantitative estimate of drug-likeness (QED) is 0.698. The molecule has 19 heavy (non-hydrogen) atoms. The maximum absolute atomic E-state index is 12.5. The third kappa shape index (κ3) is 2.37. The van der Waals surface area contributed by atoms with E-state index in [1.807, 2.05) is 31.2 Å². The van der Waals surface area contributed by atoms with Crippen LogP contribution in [0.1, 0.15) is 26.7 Å². The molecule has 2 aromatic carbocycles. The van der Waals surface area contributed by atoms with E-state index in [0.29, 0.717) is 0 Å². The lowest BCUT2D eigenvalue weighted by Gasteiger charge is -2.28. The zero-order chi connectivity index (χ0) is 13.4. The second kappa shape index (κ2) is 5.14. The minimum Gasteiger partial charge on any atom is -0.293 e. The highest BCUT2D eigenvalue weighted by molar-refractivity contribution is 9.10. The predicted octanol–water partition coefficient (Wildman–Crippen LogP) is 4.79. The summed E-state index contributed by atoms with van der Waals surface area (Å²) < 4.78 is 0. The molecule has 3 rings (SSSR count). The molecule has 0 spiro atoms. The van der Waals surface area contributed by atoms with E-state index in [1.54, 1.807) is 11.8 Å². The number of halogens is 1. The van der Waals surface area contributed by atoms with Crippen molar-refractivity contribution < 1.29 is 4.79 Å². The predicted molar refractivity (Wildman–Crippen MR) is 83.3 cm³/mol. The molecule has 0 amide bonds. The van der Waals surface area contributed by atoms with E-state index in [-0.39, 0.29) is 15.9 Å². The molecule has 1 aliphatic heterocycles. The molecule has 1 nitrogen and oxygen atoms in total. The van der Waals surface area contributed by atoms with Gasteiger partial charge in [0.25, 0.3) is 0 Å². The topological polar surface area (TPSA) is 17.1 Å². The average molecular weight is 333 g/mol. The van der Waals surface area contributed by atoms with Crippen molar-refractivity contribution in [2.75, 3.05) is 0 Å². The van der Waals surface area contributed by atoms with Gasteiger partial charge in [0, 0.05) is 10.5 Å². The van der Waals surface area contributed by atoms with Gasteiger partial charge >= 0.3 is 0 Å². The van der Waals surface area contributed by atoms with E-state index >= 15 is 0 Å². The standard InChI is InChI=1S/C16H13BrOS/c1-10-7-8-13-12(9-10)15(18)14(17)16(19-13)11-5-3-2-4-6-11/h2-9,14,16H,1H3/t14-,16+/m0/s1. The van der Waals surface area contributed by atoms with Crippen molar-refractivity contribution in [3.63, 3.8) is 0 Å². The lowest BCUT2D eigenvalue weighted by Crippen LogP contribution is -2.25. The van der Waals surface area contributed by atoms with Crippen LogP contribution in [0.2, 0.25) is 0 Å². The van der Waals surface area contributed by atoms with E-state index in [1.165, 1.54) is 5.56 Å². The molecule has 2 aromatic rings. The van der Waals surface area contributed by atoms with E-state index in [2.05, 4.69) is 40.2 Å². The van der Waals surface area contributed by atoms with Gasteiger partial charge in [-0.3, -0.25) is 4.79 Å². The van der Waals surface area contributed by atoms with Gasteiger partial charge in [-0.25, -0.2) is 0 Å². The molecule has 96 valence electrons. The Morgan fingerprint density at radius 2 is 1.84 bits per heavy atom. The zero-order valence-electron chi connectivity index (χ0n) is 10.5. The van der Waals surface area contributed by atoms with Crippen molar-refractivity contribution in [1.82, 2.24) is 0 Å². The Labute approximate surface area is 125 Å². The highest BCUT2D eigenvalue weighted by Gasteiger charge is 2.35. The van der Waals surface area contributed by atoms with Gasteiger partial charge in [-0.2, -0.15) is 0 Å². The lowest BCUT2D eigenvalue weighted by molar-refractivity contribution is 0.0985. The molecule has 0 aromatic heterocycles. The van der Waals surface area contributed by atoms with Gasteiger partial charge < -0.3 is 0 Å². The summed E-state index contributed by atoms with van der Waals surface area (Å²) in [5.74, 6) is 0.186. The fourth-order valence-electron chi connectivity index (χ4n) is 2.30. The van der Waals surface area contributed by atoms with Gasteiger partial charge in [-0.05, 0) is 24.6 Å². The number of thioether (sulfide) groups is 1. The summed E-state index contributed by atoms with van der Waals surface area (Å²) in [5, 5.41) is 0.143. The van der Waals surface area contributed by atoms with Gasteiger partial charge in [-0.15, -0.1) is 11.8 Å². The van der Waals surface area contributed by atoms with Gasteiger partial charge in [0.15, 0.2) is 5.78 Å². The summed E-state index contributed by atoms with van der Waals surface area (Å²) in [4.78, 5) is 13.4. The summed E-state index contributed by atoms with van der Waals surface area (Å²) >= 11 is 5.34. The fraction of sp³-hybridized carbons (Fsp3) is 0.188. The third-order valence-corrected chi connectivity index (χ3v) is 6.00. The van der Waals surface area contributed by atoms with Crippen LogP contribution in [0.25, 0.3) is 0 Å². The monoisotopic (exact) mass is 332 g/mol. The third-order valence-electron chi connectivity index (χ3n) is 3.30. The van der Waals surface area contributed by atoms with Crippen LogP contribution >= 0.6 is 27.7 Å². The summed E-state index contributed by atoms with van der Waals surface area (Å²) in [7, 11) is 0. The molecule has 1 aliphatic rings. The Kier molecular flexibility index (Phi) is 3.50. The Bertz CT molecular complexity index is 624. The van der Waals surface area contributed by atoms with Crippen molar-refractivity contribution in [2.24, 2.45) is 0 Å². The summed E-state index contributed by atoms with van der Waals surface area (Å²) in [6, 6.07) is 16.3. The highest BCUT2D eigenvalue weighted by atomic mass is 79.9. The van der Waals surface area contributed by atoms with Crippen molar-refractivity contribution in [2.45, 2.75) is 21.9 Å². The van der Waals surface area contributed by atoms with Crippen molar-refractivity contribution in [3.05, 3.63) is 65.2 Å². The van der Waals surface area contributed by atoms with Crippen LogP contribution in [-0.4, -0.2) is 10.6 Å². The second-order valence-corrected chi connectivity index (χ2v) is 6.88. The van der Waals surface area contributed by atoms with Gasteiger partial charge in [-0.1, -0.05) is 57.9 Å². The maximum atomic E-state index is 12.5. The zero-order valence-corrected chi connectivity index (χ0v) is 12.9. The molecule has 2 atom stereocenters. The SMILES string of the molecule is Cc1ccc2c(c1)C(=O)[C@H](Br)[C@@H](c1ccccc1)S2. The second-order valence-electron chi connectivity index (χ2n) is 4.71. The number of alkyl halides is 1. The number of ketones is 1. The number of aryl methyl sites for hydroxylation is 1. The number of benzene rings is 2. The number of carbonyl (C=O) groups excluding carboxylic acids is 1. The summed E-state index contributed by atoms with van der Waals surface area (Å²) in [6.45, 7) is 2.02. The molecular formula is C16H13BrOS. The molecule has 1 heterocycles. The maximum Gasteiger partial charge on any atom is 0.179 e. The van der Waals surface area contributed by atoms with Crippen molar-refractivity contribution in [1.29, 1.82) is 0 Å². The molecule has 0 aliphatic carbocycles. The average Bonchev–Trinajstić information content (AvgIpc) is 2.44. The summed E-state index contributed by atoms with van der Waals surface area (Å²) in [6.07, 6.45) is 0. The van der Waals surface area contributed by atoms with Crippen LogP contribution in [-0.2, 0) is 0 Å². The van der Waals surface area contributed by atoms with Crippen LogP contribution in [0.15, 0.2) is 53.4 Å². The van der Waals surface area contributed by atoms with E-state index in [4.69, 9.17) is 0 Å². The largest absolute Gasteiger partial charge is 0.293 e. The first-order chi connectivity index (χ1) is 9.16. The first kappa shape index (κ1) is 12.9. The van der Waals surface area contributed by atoms with Crippen LogP contribution in [0.3, 0.4) is 0 Å². The van der Waals surface area contributed by atoms with Gasteiger partial charge in [0.05, 0.1) is 10.1 Å². The molecule has 0 fully saturated rings. The first-order valence-electron chi connectivity index (χ1n) is 6.17. The molecule has 0 saturated carbocycles. The number of fused-ring (bicyclic) bond motifs is 1. The summed E-state index contributed by atoms with van der Waals surface area (Å²) in [5.41, 5.74) is 3.17. The fourth-order valence-corrected chi connectivity index (χ4v) is 4.42. The minimum absolute atomic E-state index is 0.143. The molecular weight excluding hydrogens is 320 g/mol. The number of rotatable bonds is 1. The van der Waals surface area contributed by atoms with Crippen molar-refractivity contribution in [3.8, 4) is 0 Å². The Hall–Kier alpha value is -1.06. The van der Waals surface area contributed by atoms with Crippen molar-refractivity contribution >= 4 is 33.5 Å². The van der Waals surface area contributed by atoms with E-state index < -0.39 is 0 Å². The Morgan fingerprint density at radius 1 is 1.11 bits per heavy atom. The molecule has 0 N–H and O–H groups in total. The lowest BCUT2D eigenvalue weighted by atomic mass is 10.00. The van der Waals surface area contributed by atoms with Crippen LogP contribution in [0.4, 0.5) is 0 Å². The minimum atomic E-state index is -0.158. The van der Waals surface area contributed by atoms with E-state index in [0.717, 1.165) is 16.0 Å². The first-order valence-corrected chi connectivity index (χ1v) is 7.97. The normalized spacial score (nSPS) is 22.1. The molecule has 0 saturated heterocycles. The Morgan fingerprint density at radius 3 is 2.58 bits per heavy atom. The number of hydrogen-bond acceptors (Lipinski definition) is 2. The van der Waals surface area contributed by atoms with Crippen LogP contribution in [0.5, 0.6) is 0 Å². The number of carbonyl (C=O) groups is 1. The molecule has 0 unspecified atom stereocenters. The molecule has 3 heteroatoms. The smallest absolute Gasteiger partial charge is 0.179 e. The van der Waals surface area contributed by atoms with Gasteiger partial charge in [0.2, 0.25) is 0 Å². The van der Waals surface area contributed by atoms with E-state index in [9.17, 15) is 4.79 Å². The number of hydrogen-bond donors (Lipinski definition) is 0. The number of Topliss-reactive ketones (excluding diaryl/α,β-unsaturated/α-hetero) is 1. The van der Waals surface area contributed by atoms with Crippen LogP contribution < -0.4 is 0 Å². The Balaban J connectivity index is 2.04. The molecule has 0 bridgehead atoms. The highest BCUT2D eigenvalue weighted by Crippen LogP contribution is 2.47. The van der Waals surface area contributed by atoms with Crippen LogP contribution in [0, 0.1) is 6.92 Å². The molecule has 0 radical (unpaired) electrons. The van der Waals surface area contributed by atoms with Gasteiger partial charge in [0.1, 0.15) is 0 Å².